The number of carbonyl (C=O) groups excluding carboxylic acids is 4. The number of hydrogen-bond donors (Lipinski definition) is 2. The molecule has 3 aromatic carbocycles. The molecule has 0 saturated carbocycles. The van der Waals surface area contributed by atoms with Gasteiger partial charge in [-0.05, 0) is 73.2 Å². The molecule has 0 unspecified atom stereocenters. The van der Waals surface area contributed by atoms with Crippen LogP contribution in [0.2, 0.25) is 5.02 Å². The van der Waals surface area contributed by atoms with Crippen LogP contribution in [0.4, 0.5) is 21.0 Å². The third-order valence-electron chi connectivity index (χ3n) is 8.38. The van der Waals surface area contributed by atoms with Crippen molar-refractivity contribution in [2.24, 2.45) is 0 Å². The number of esters is 2. The molecular weight excluding hydrogens is 678 g/mol. The van der Waals surface area contributed by atoms with Crippen molar-refractivity contribution in [3.63, 3.8) is 0 Å². The van der Waals surface area contributed by atoms with Gasteiger partial charge in [-0.3, -0.25) is 14.4 Å². The molecule has 0 bridgehead atoms. The van der Waals surface area contributed by atoms with E-state index in [0.717, 1.165) is 46.3 Å². The highest BCUT2D eigenvalue weighted by Crippen LogP contribution is 2.36. The minimum absolute atomic E-state index is 0.0297. The number of fused-ring (bicyclic) bond motifs is 1. The second-order valence-electron chi connectivity index (χ2n) is 11.8. The zero-order chi connectivity index (χ0) is 36.3. The van der Waals surface area contributed by atoms with E-state index >= 15 is 0 Å². The minimum Gasteiger partial charge on any atom is -0.490 e. The third-order valence-corrected chi connectivity index (χ3v) is 8.79. The van der Waals surface area contributed by atoms with Gasteiger partial charge in [0.15, 0.2) is 0 Å². The molecule has 5 rings (SSSR count). The molecular formula is C37H40ClN5O8. The van der Waals surface area contributed by atoms with Gasteiger partial charge in [-0.1, -0.05) is 41.9 Å². The molecule has 4 aromatic rings. The quantitative estimate of drug-likeness (QED) is 0.0944. The average Bonchev–Trinajstić information content (AvgIpc) is 3.60. The lowest BCUT2D eigenvalue weighted by atomic mass is 9.93. The van der Waals surface area contributed by atoms with Crippen LogP contribution in [0, 0.1) is 6.92 Å². The summed E-state index contributed by atoms with van der Waals surface area (Å²) < 4.78 is 22.5. The van der Waals surface area contributed by atoms with Crippen molar-refractivity contribution in [1.82, 2.24) is 15.1 Å². The fraction of sp³-hybridized carbons (Fsp3) is 0.324. The maximum Gasteiger partial charge on any atom is 0.414 e. The third kappa shape index (κ3) is 9.57. The van der Waals surface area contributed by atoms with Gasteiger partial charge in [-0.2, -0.15) is 5.10 Å². The largest absolute Gasteiger partial charge is 0.490 e. The summed E-state index contributed by atoms with van der Waals surface area (Å²) in [5.41, 5.74) is 5.94. The Balaban J connectivity index is 1.19. The van der Waals surface area contributed by atoms with Gasteiger partial charge in [0, 0.05) is 41.0 Å². The molecule has 1 atom stereocenters. The highest BCUT2D eigenvalue weighted by atomic mass is 35.5. The van der Waals surface area contributed by atoms with Gasteiger partial charge in [0.05, 0.1) is 32.6 Å². The van der Waals surface area contributed by atoms with Gasteiger partial charge in [0.1, 0.15) is 25.0 Å². The van der Waals surface area contributed by atoms with Crippen molar-refractivity contribution in [3.05, 3.63) is 94.8 Å². The Kier molecular flexibility index (Phi) is 12.5. The summed E-state index contributed by atoms with van der Waals surface area (Å²) in [5.74, 6) is -0.520. The number of aromatic nitrogens is 2. The number of carbonyl (C=O) groups is 4. The van der Waals surface area contributed by atoms with E-state index in [1.54, 1.807) is 40.0 Å². The second-order valence-corrected chi connectivity index (χ2v) is 12.2. The molecule has 1 aliphatic heterocycles. The van der Waals surface area contributed by atoms with Gasteiger partial charge in [0.25, 0.3) is 0 Å². The first-order valence-electron chi connectivity index (χ1n) is 16.4. The first-order valence-corrected chi connectivity index (χ1v) is 16.8. The van der Waals surface area contributed by atoms with Gasteiger partial charge in [-0.15, -0.1) is 0 Å². The van der Waals surface area contributed by atoms with Gasteiger partial charge in [-0.25, -0.2) is 14.4 Å². The number of anilines is 2. The number of nitrogens with zero attached hydrogens (tertiary/aromatic N) is 3. The fourth-order valence-corrected chi connectivity index (χ4v) is 5.96. The Bertz CT molecular complexity index is 1880. The summed E-state index contributed by atoms with van der Waals surface area (Å²) in [6.07, 6.45) is 4.85. The predicted octanol–water partition coefficient (Wildman–Crippen LogP) is 6.14. The minimum atomic E-state index is -1.02. The van der Waals surface area contributed by atoms with Crippen molar-refractivity contribution in [1.29, 1.82) is 0 Å². The van der Waals surface area contributed by atoms with Crippen molar-refractivity contribution in [2.75, 3.05) is 44.2 Å². The van der Waals surface area contributed by atoms with Crippen LogP contribution in [0.3, 0.4) is 0 Å². The number of benzene rings is 3. The highest BCUT2D eigenvalue weighted by molar-refractivity contribution is 6.31. The maximum atomic E-state index is 13.1. The number of halogens is 1. The van der Waals surface area contributed by atoms with Crippen molar-refractivity contribution >= 4 is 47.0 Å². The number of hydrogen-bond acceptors (Lipinski definition) is 9. The Morgan fingerprint density at radius 3 is 2.61 bits per heavy atom. The number of urea groups is 1. The maximum absolute atomic E-state index is 13.1. The molecule has 0 radical (unpaired) electrons. The first-order chi connectivity index (χ1) is 24.7. The average molecular weight is 718 g/mol. The van der Waals surface area contributed by atoms with Crippen molar-refractivity contribution in [3.8, 4) is 16.9 Å². The lowest BCUT2D eigenvalue weighted by Gasteiger charge is -2.30. The molecule has 0 saturated heterocycles. The van der Waals surface area contributed by atoms with Crippen molar-refractivity contribution in [2.45, 2.75) is 45.2 Å². The molecule has 14 heteroatoms. The molecule has 2 heterocycles. The molecule has 268 valence electrons. The van der Waals surface area contributed by atoms with E-state index in [0.29, 0.717) is 29.5 Å². The fourth-order valence-electron chi connectivity index (χ4n) is 5.79. The number of ether oxygens (including phenoxy) is 4. The highest BCUT2D eigenvalue weighted by Gasteiger charge is 2.26. The molecule has 0 aliphatic carbocycles. The summed E-state index contributed by atoms with van der Waals surface area (Å²) in [6, 6.07) is 16.9. The molecule has 1 aromatic heterocycles. The summed E-state index contributed by atoms with van der Waals surface area (Å²) in [6.45, 7) is 3.13. The molecule has 51 heavy (non-hydrogen) atoms. The van der Waals surface area contributed by atoms with Gasteiger partial charge >= 0.3 is 24.1 Å². The molecule has 1 aliphatic rings. The normalized spacial score (nSPS) is 12.7. The van der Waals surface area contributed by atoms with E-state index in [1.807, 2.05) is 49.5 Å². The standard InChI is InChI=1S/C37H40ClN5O8/c1-24-30(38)12-6-14-33(24)50-18-19-51-37(47)43-17-7-11-29-28(10-5-13-32(29)43)26-21-39-42(23-26)22-25-8-4-9-27(20-25)40-36(46)41-31(35(45)49-3)15-16-34(44)48-2/h4-6,8-10,12-14,20-21,23,31H,7,11,15-19,22H2,1-3H3,(H2,40,41,46)/t31-/m1/s1. The van der Waals surface area contributed by atoms with Crippen LogP contribution < -0.4 is 20.3 Å². The van der Waals surface area contributed by atoms with Crippen LogP contribution >= 0.6 is 11.6 Å². The van der Waals surface area contributed by atoms with Crippen LogP contribution in [0.25, 0.3) is 11.1 Å². The van der Waals surface area contributed by atoms with Crippen molar-refractivity contribution < 1.29 is 38.1 Å². The van der Waals surface area contributed by atoms with Crippen LogP contribution in [0.1, 0.15) is 36.0 Å². The van der Waals surface area contributed by atoms with Gasteiger partial charge < -0.3 is 29.6 Å². The molecule has 13 nitrogen and oxygen atoms in total. The van der Waals surface area contributed by atoms with E-state index < -0.39 is 30.1 Å². The van der Waals surface area contributed by atoms with Gasteiger partial charge in [0.2, 0.25) is 0 Å². The summed E-state index contributed by atoms with van der Waals surface area (Å²) in [4.78, 5) is 51.2. The lowest BCUT2D eigenvalue weighted by molar-refractivity contribution is -0.144. The SMILES string of the molecule is COC(=O)CC[C@@H](NC(=O)Nc1cccc(Cn2cc(-c3cccc4c3CCCN4C(=O)OCCOc3cccc(Cl)c3C)cn2)c1)C(=O)OC. The summed E-state index contributed by atoms with van der Waals surface area (Å²) in [5, 5.41) is 10.5. The van der Waals surface area contributed by atoms with E-state index in [-0.39, 0.29) is 26.1 Å². The number of amides is 3. The molecule has 0 spiro atoms. The Morgan fingerprint density at radius 1 is 1.00 bits per heavy atom. The van der Waals surface area contributed by atoms with Crippen LogP contribution in [-0.4, -0.2) is 73.9 Å². The lowest BCUT2D eigenvalue weighted by Crippen LogP contribution is -2.43. The first kappa shape index (κ1) is 36.7. The Labute approximate surface area is 300 Å². The predicted molar refractivity (Wildman–Crippen MR) is 191 cm³/mol. The topological polar surface area (TPSA) is 150 Å². The Hall–Kier alpha value is -5.56. The molecule has 0 fully saturated rings. The molecule has 2 N–H and O–H groups in total. The summed E-state index contributed by atoms with van der Waals surface area (Å²) >= 11 is 6.17. The van der Waals surface area contributed by atoms with Crippen LogP contribution in [-0.2, 0) is 36.8 Å². The van der Waals surface area contributed by atoms with Crippen LogP contribution in [0.15, 0.2) is 73.1 Å². The van der Waals surface area contributed by atoms with Crippen LogP contribution in [0.5, 0.6) is 5.75 Å². The van der Waals surface area contributed by atoms with E-state index in [9.17, 15) is 19.2 Å². The van der Waals surface area contributed by atoms with E-state index in [2.05, 4.69) is 20.5 Å². The number of nitrogens with one attached hydrogen (secondary N) is 2. The zero-order valence-corrected chi connectivity index (χ0v) is 29.4. The van der Waals surface area contributed by atoms with E-state index in [4.69, 9.17) is 25.8 Å². The number of rotatable bonds is 13. The monoisotopic (exact) mass is 717 g/mol. The second kappa shape index (κ2) is 17.4. The molecule has 3 amide bonds. The smallest absolute Gasteiger partial charge is 0.414 e. The van der Waals surface area contributed by atoms with E-state index in [1.165, 1.54) is 14.2 Å². The Morgan fingerprint density at radius 2 is 1.80 bits per heavy atom. The zero-order valence-electron chi connectivity index (χ0n) is 28.6. The summed E-state index contributed by atoms with van der Waals surface area (Å²) in [7, 11) is 2.46. The number of methoxy groups -OCH3 is 2.